The fraction of sp³-hybridized carbons (Fsp3) is 0.300. The molecule has 1 atom stereocenters. The smallest absolute Gasteiger partial charge is 0.251 e. The topological polar surface area (TPSA) is 87.7 Å². The number of rotatable bonds is 9. The van der Waals surface area contributed by atoms with Crippen LogP contribution in [-0.4, -0.2) is 25.6 Å². The fourth-order valence-electron chi connectivity index (χ4n) is 2.42. The van der Waals surface area contributed by atoms with Crippen molar-refractivity contribution in [2.24, 2.45) is 0 Å². The van der Waals surface area contributed by atoms with E-state index in [2.05, 4.69) is 5.32 Å². The third-order valence-corrected chi connectivity index (χ3v) is 3.78. The van der Waals surface area contributed by atoms with Gasteiger partial charge in [-0.3, -0.25) is 4.79 Å². The summed E-state index contributed by atoms with van der Waals surface area (Å²) in [5.74, 6) is -0.277. The third kappa shape index (κ3) is 5.51. The van der Waals surface area contributed by atoms with Crippen molar-refractivity contribution in [1.82, 2.24) is 5.32 Å². The van der Waals surface area contributed by atoms with Crippen LogP contribution in [0, 0.1) is 0 Å². The highest BCUT2D eigenvalue weighted by molar-refractivity contribution is 5.94. The van der Waals surface area contributed by atoms with Gasteiger partial charge in [0.1, 0.15) is 11.5 Å². The van der Waals surface area contributed by atoms with Gasteiger partial charge in [-0.1, -0.05) is 19.1 Å². The maximum Gasteiger partial charge on any atom is 0.251 e. The molecular formula is C20H22NO5-. The monoisotopic (exact) mass is 356 g/mol. The number of ether oxygens (including phenoxy) is 2. The number of hydrogen-bond acceptors (Lipinski definition) is 5. The number of carboxylic acids is 1. The molecule has 0 saturated heterocycles. The molecule has 0 radical (unpaired) electrons. The molecule has 0 bridgehead atoms. The number of hydrogen-bond donors (Lipinski definition) is 1. The molecular weight excluding hydrogens is 334 g/mol. The maximum atomic E-state index is 12.4. The molecule has 138 valence electrons. The first-order chi connectivity index (χ1) is 12.5. The number of carboxylic acid groups (broad SMARTS) is 1. The van der Waals surface area contributed by atoms with Crippen LogP contribution in [0.1, 0.15) is 41.7 Å². The number of carbonyl (C=O) groups is 2. The molecule has 26 heavy (non-hydrogen) atoms. The summed E-state index contributed by atoms with van der Waals surface area (Å²) in [5, 5.41) is 13.8. The van der Waals surface area contributed by atoms with Gasteiger partial charge in [0.25, 0.3) is 5.91 Å². The van der Waals surface area contributed by atoms with Crippen LogP contribution in [0.3, 0.4) is 0 Å². The number of nitrogens with one attached hydrogen (secondary N) is 1. The predicted octanol–water partition coefficient (Wildman–Crippen LogP) is 2.10. The molecule has 0 spiro atoms. The lowest BCUT2D eigenvalue weighted by molar-refractivity contribution is -0.306. The van der Waals surface area contributed by atoms with Crippen LogP contribution >= 0.6 is 0 Å². The number of carbonyl (C=O) groups excluding carboxylic acids is 2. The van der Waals surface area contributed by atoms with Gasteiger partial charge in [0.15, 0.2) is 0 Å². The Morgan fingerprint density at radius 2 is 1.65 bits per heavy atom. The maximum absolute atomic E-state index is 12.4. The highest BCUT2D eigenvalue weighted by Crippen LogP contribution is 2.21. The lowest BCUT2D eigenvalue weighted by atomic mass is 10.0. The minimum atomic E-state index is -1.24. The highest BCUT2D eigenvalue weighted by atomic mass is 16.5. The van der Waals surface area contributed by atoms with E-state index >= 15 is 0 Å². The summed E-state index contributed by atoms with van der Waals surface area (Å²) in [6.07, 6.45) is 0.573. The van der Waals surface area contributed by atoms with E-state index in [9.17, 15) is 14.7 Å². The molecule has 2 rings (SSSR count). The van der Waals surface area contributed by atoms with Crippen LogP contribution in [0.4, 0.5) is 0 Å². The standard InChI is InChI=1S/C20H23NO5/c1-3-12-26-17-10-4-14(5-11-17)18(13-19(22)23)21-20(24)15-6-8-16(25-2)9-7-15/h4-11,18H,3,12-13H2,1-2H3,(H,21,24)(H,22,23)/p-1/t18-/m1/s1. The summed E-state index contributed by atoms with van der Waals surface area (Å²) in [6.45, 7) is 2.62. The van der Waals surface area contributed by atoms with Gasteiger partial charge in [-0.05, 0) is 48.4 Å². The molecule has 6 heteroatoms. The molecule has 0 fully saturated rings. The van der Waals surface area contributed by atoms with E-state index in [-0.39, 0.29) is 12.3 Å². The van der Waals surface area contributed by atoms with E-state index < -0.39 is 12.0 Å². The molecule has 6 nitrogen and oxygen atoms in total. The Hall–Kier alpha value is -3.02. The SMILES string of the molecule is CCCOc1ccc([C@@H](CC(=O)[O-])NC(=O)c2ccc(OC)cc2)cc1. The molecule has 0 aliphatic rings. The summed E-state index contributed by atoms with van der Waals surface area (Å²) in [7, 11) is 1.54. The first-order valence-electron chi connectivity index (χ1n) is 8.41. The van der Waals surface area contributed by atoms with Crippen molar-refractivity contribution in [1.29, 1.82) is 0 Å². The van der Waals surface area contributed by atoms with Gasteiger partial charge in [0.05, 0.1) is 19.8 Å². The van der Waals surface area contributed by atoms with Crippen LogP contribution in [0.5, 0.6) is 11.5 Å². The zero-order valence-electron chi connectivity index (χ0n) is 14.9. The minimum absolute atomic E-state index is 0.322. The van der Waals surface area contributed by atoms with Crippen molar-refractivity contribution in [2.75, 3.05) is 13.7 Å². The Morgan fingerprint density at radius 1 is 1.04 bits per heavy atom. The van der Waals surface area contributed by atoms with Crippen LogP contribution in [0.15, 0.2) is 48.5 Å². The van der Waals surface area contributed by atoms with Crippen molar-refractivity contribution in [2.45, 2.75) is 25.8 Å². The predicted molar refractivity (Wildman–Crippen MR) is 95.1 cm³/mol. The zero-order chi connectivity index (χ0) is 18.9. The van der Waals surface area contributed by atoms with E-state index in [1.165, 1.54) is 0 Å². The molecule has 1 amide bonds. The van der Waals surface area contributed by atoms with Crippen LogP contribution in [-0.2, 0) is 4.79 Å². The third-order valence-electron chi connectivity index (χ3n) is 3.78. The Kier molecular flexibility index (Phi) is 7.02. The first-order valence-corrected chi connectivity index (χ1v) is 8.41. The van der Waals surface area contributed by atoms with Gasteiger partial charge < -0.3 is 24.7 Å². The number of methoxy groups -OCH3 is 1. The van der Waals surface area contributed by atoms with Crippen LogP contribution < -0.4 is 19.9 Å². The van der Waals surface area contributed by atoms with E-state index in [1.807, 2.05) is 6.92 Å². The van der Waals surface area contributed by atoms with Crippen molar-refractivity contribution in [3.8, 4) is 11.5 Å². The molecule has 2 aromatic rings. The van der Waals surface area contributed by atoms with Gasteiger partial charge >= 0.3 is 0 Å². The summed E-state index contributed by atoms with van der Waals surface area (Å²) in [6, 6.07) is 12.9. The summed E-state index contributed by atoms with van der Waals surface area (Å²) >= 11 is 0. The summed E-state index contributed by atoms with van der Waals surface area (Å²) in [4.78, 5) is 23.5. The average Bonchev–Trinajstić information content (AvgIpc) is 2.66. The van der Waals surface area contributed by atoms with Gasteiger partial charge in [-0.15, -0.1) is 0 Å². The van der Waals surface area contributed by atoms with Gasteiger partial charge in [0.2, 0.25) is 0 Å². The van der Waals surface area contributed by atoms with Crippen LogP contribution in [0.2, 0.25) is 0 Å². The Balaban J connectivity index is 2.12. The molecule has 0 heterocycles. The van der Waals surface area contributed by atoms with E-state index in [4.69, 9.17) is 9.47 Å². The molecule has 0 saturated carbocycles. The first kappa shape index (κ1) is 19.3. The Morgan fingerprint density at radius 3 is 2.19 bits per heavy atom. The van der Waals surface area contributed by atoms with Gasteiger partial charge in [-0.25, -0.2) is 0 Å². The highest BCUT2D eigenvalue weighted by Gasteiger charge is 2.16. The minimum Gasteiger partial charge on any atom is -0.550 e. The normalized spacial score (nSPS) is 11.5. The second-order valence-corrected chi connectivity index (χ2v) is 5.75. The zero-order valence-corrected chi connectivity index (χ0v) is 14.9. The molecule has 0 aromatic heterocycles. The Bertz CT molecular complexity index is 725. The number of benzene rings is 2. The molecule has 0 unspecified atom stereocenters. The second-order valence-electron chi connectivity index (χ2n) is 5.75. The quantitative estimate of drug-likeness (QED) is 0.743. The fourth-order valence-corrected chi connectivity index (χ4v) is 2.42. The van der Waals surface area contributed by atoms with Gasteiger partial charge in [0, 0.05) is 18.0 Å². The van der Waals surface area contributed by atoms with Gasteiger partial charge in [-0.2, -0.15) is 0 Å². The van der Waals surface area contributed by atoms with Crippen molar-refractivity contribution in [3.05, 3.63) is 59.7 Å². The number of amides is 1. The molecule has 0 aliphatic heterocycles. The van der Waals surface area contributed by atoms with E-state index in [0.717, 1.165) is 6.42 Å². The Labute approximate surface area is 152 Å². The average molecular weight is 356 g/mol. The van der Waals surface area contributed by atoms with Crippen molar-refractivity contribution >= 4 is 11.9 Å². The molecule has 0 aliphatic carbocycles. The van der Waals surface area contributed by atoms with E-state index in [0.29, 0.717) is 29.2 Å². The molecule has 2 aromatic carbocycles. The van der Waals surface area contributed by atoms with E-state index in [1.54, 1.807) is 55.6 Å². The molecule has 1 N–H and O–H groups in total. The van der Waals surface area contributed by atoms with Crippen LogP contribution in [0.25, 0.3) is 0 Å². The lowest BCUT2D eigenvalue weighted by Gasteiger charge is -2.20. The number of aliphatic carboxylic acids is 1. The summed E-state index contributed by atoms with van der Waals surface area (Å²) < 4.78 is 10.6. The van der Waals surface area contributed by atoms with Crippen molar-refractivity contribution in [3.63, 3.8) is 0 Å². The largest absolute Gasteiger partial charge is 0.550 e. The lowest BCUT2D eigenvalue weighted by Crippen LogP contribution is -2.34. The second kappa shape index (κ2) is 9.46. The summed E-state index contributed by atoms with van der Waals surface area (Å²) in [5.41, 5.74) is 1.08. The van der Waals surface area contributed by atoms with Crippen molar-refractivity contribution < 1.29 is 24.2 Å².